The number of esters is 1. The van der Waals surface area contributed by atoms with Crippen LogP contribution in [0.15, 0.2) is 18.3 Å². The molecule has 0 saturated carbocycles. The molecule has 0 atom stereocenters. The van der Waals surface area contributed by atoms with Crippen LogP contribution in [0.1, 0.15) is 12.6 Å². The van der Waals surface area contributed by atoms with E-state index in [-0.39, 0.29) is 17.5 Å². The van der Waals surface area contributed by atoms with Gasteiger partial charge in [0.2, 0.25) is 0 Å². The molecule has 0 amide bonds. The lowest BCUT2D eigenvalue weighted by molar-refractivity contribution is -0.140. The zero-order valence-corrected chi connectivity index (χ0v) is 9.71. The van der Waals surface area contributed by atoms with Crippen LogP contribution >= 0.6 is 12.2 Å². The number of nitrogens with two attached hydrogens (primary N) is 1. The van der Waals surface area contributed by atoms with Gasteiger partial charge in [0, 0.05) is 6.20 Å². The summed E-state index contributed by atoms with van der Waals surface area (Å²) in [6, 6.07) is 3.48. The molecule has 1 heterocycles. The third kappa shape index (κ3) is 3.47. The highest BCUT2D eigenvalue weighted by Gasteiger charge is 2.07. The number of hydrogen-bond acceptors (Lipinski definition) is 5. The SMILES string of the molecule is CCOC(=O)CNc1cccnc1C(N)=S. The molecule has 0 aliphatic carbocycles. The van der Waals surface area contributed by atoms with Crippen LogP contribution < -0.4 is 11.1 Å². The summed E-state index contributed by atoms with van der Waals surface area (Å²) in [5, 5.41) is 2.87. The van der Waals surface area contributed by atoms with Crippen molar-refractivity contribution in [1.29, 1.82) is 0 Å². The smallest absolute Gasteiger partial charge is 0.325 e. The van der Waals surface area contributed by atoms with Gasteiger partial charge in [-0.1, -0.05) is 12.2 Å². The van der Waals surface area contributed by atoms with E-state index in [1.165, 1.54) is 0 Å². The van der Waals surface area contributed by atoms with Crippen molar-refractivity contribution in [1.82, 2.24) is 4.98 Å². The first kappa shape index (κ1) is 12.4. The standard InChI is InChI=1S/C10H13N3O2S/c1-2-15-8(14)6-13-7-4-3-5-12-9(7)10(11)16/h3-5,13H,2,6H2,1H3,(H2,11,16). The van der Waals surface area contributed by atoms with Crippen LogP contribution in [-0.4, -0.2) is 29.1 Å². The van der Waals surface area contributed by atoms with Crippen molar-refractivity contribution in [2.45, 2.75) is 6.92 Å². The normalized spacial score (nSPS) is 9.56. The van der Waals surface area contributed by atoms with E-state index in [1.54, 1.807) is 25.3 Å². The quantitative estimate of drug-likeness (QED) is 0.581. The zero-order chi connectivity index (χ0) is 12.0. The van der Waals surface area contributed by atoms with Gasteiger partial charge in [-0.2, -0.15) is 0 Å². The van der Waals surface area contributed by atoms with Gasteiger partial charge < -0.3 is 15.8 Å². The second kappa shape index (κ2) is 6.02. The molecule has 86 valence electrons. The van der Waals surface area contributed by atoms with Gasteiger partial charge in [0.15, 0.2) is 0 Å². The molecule has 1 aromatic heterocycles. The van der Waals surface area contributed by atoms with Crippen molar-refractivity contribution < 1.29 is 9.53 Å². The Morgan fingerprint density at radius 1 is 1.69 bits per heavy atom. The van der Waals surface area contributed by atoms with E-state index >= 15 is 0 Å². The molecule has 0 saturated heterocycles. The maximum Gasteiger partial charge on any atom is 0.325 e. The molecule has 6 heteroatoms. The highest BCUT2D eigenvalue weighted by Crippen LogP contribution is 2.11. The Hall–Kier alpha value is -1.69. The molecule has 0 unspecified atom stereocenters. The van der Waals surface area contributed by atoms with Crippen LogP contribution in [0, 0.1) is 0 Å². The van der Waals surface area contributed by atoms with Gasteiger partial charge >= 0.3 is 5.97 Å². The third-order valence-electron chi connectivity index (χ3n) is 1.77. The Morgan fingerprint density at radius 2 is 2.44 bits per heavy atom. The highest BCUT2D eigenvalue weighted by atomic mass is 32.1. The van der Waals surface area contributed by atoms with Crippen molar-refractivity contribution in [2.24, 2.45) is 5.73 Å². The number of rotatable bonds is 5. The van der Waals surface area contributed by atoms with E-state index in [2.05, 4.69) is 10.3 Å². The minimum absolute atomic E-state index is 0.0646. The average molecular weight is 239 g/mol. The minimum Gasteiger partial charge on any atom is -0.465 e. The van der Waals surface area contributed by atoms with Crippen LogP contribution in [0.25, 0.3) is 0 Å². The zero-order valence-electron chi connectivity index (χ0n) is 8.90. The summed E-state index contributed by atoms with van der Waals surface area (Å²) in [7, 11) is 0. The Labute approximate surface area is 99.0 Å². The lowest BCUT2D eigenvalue weighted by Crippen LogP contribution is -2.20. The molecule has 0 aromatic carbocycles. The number of aromatic nitrogens is 1. The predicted octanol–water partition coefficient (Wildman–Crippen LogP) is 0.691. The minimum atomic E-state index is -0.333. The first-order valence-electron chi connectivity index (χ1n) is 4.79. The topological polar surface area (TPSA) is 77.2 Å². The van der Waals surface area contributed by atoms with Crippen molar-refractivity contribution >= 4 is 28.9 Å². The summed E-state index contributed by atoms with van der Waals surface area (Å²) in [4.78, 5) is 15.3. The molecule has 0 aliphatic rings. The van der Waals surface area contributed by atoms with Gasteiger partial charge in [-0.15, -0.1) is 0 Å². The van der Waals surface area contributed by atoms with Gasteiger partial charge in [-0.3, -0.25) is 9.78 Å². The molecule has 0 bridgehead atoms. The molecule has 0 aliphatic heterocycles. The van der Waals surface area contributed by atoms with Crippen LogP contribution in [0.4, 0.5) is 5.69 Å². The Bertz CT molecular complexity index is 395. The second-order valence-electron chi connectivity index (χ2n) is 2.92. The number of hydrogen-bond donors (Lipinski definition) is 2. The molecule has 16 heavy (non-hydrogen) atoms. The van der Waals surface area contributed by atoms with Crippen molar-refractivity contribution in [2.75, 3.05) is 18.5 Å². The van der Waals surface area contributed by atoms with Gasteiger partial charge in [0.05, 0.1) is 12.3 Å². The summed E-state index contributed by atoms with van der Waals surface area (Å²) < 4.78 is 4.78. The monoisotopic (exact) mass is 239 g/mol. The third-order valence-corrected chi connectivity index (χ3v) is 1.96. The van der Waals surface area contributed by atoms with E-state index in [0.29, 0.717) is 18.0 Å². The van der Waals surface area contributed by atoms with Gasteiger partial charge in [0.25, 0.3) is 0 Å². The van der Waals surface area contributed by atoms with E-state index in [4.69, 9.17) is 22.7 Å². The van der Waals surface area contributed by atoms with Crippen LogP contribution in [0.2, 0.25) is 0 Å². The van der Waals surface area contributed by atoms with Crippen LogP contribution in [0.3, 0.4) is 0 Å². The molecule has 1 rings (SSSR count). The second-order valence-corrected chi connectivity index (χ2v) is 3.36. The van der Waals surface area contributed by atoms with Gasteiger partial charge in [-0.25, -0.2) is 0 Å². The number of nitrogens with one attached hydrogen (secondary N) is 1. The fourth-order valence-electron chi connectivity index (χ4n) is 1.12. The number of ether oxygens (including phenoxy) is 1. The van der Waals surface area contributed by atoms with Crippen molar-refractivity contribution in [3.8, 4) is 0 Å². The number of nitrogens with zero attached hydrogens (tertiary/aromatic N) is 1. The molecule has 3 N–H and O–H groups in total. The number of carbonyl (C=O) groups excluding carboxylic acids is 1. The highest BCUT2D eigenvalue weighted by molar-refractivity contribution is 7.80. The number of carbonyl (C=O) groups is 1. The first-order valence-corrected chi connectivity index (χ1v) is 5.20. The number of anilines is 1. The average Bonchev–Trinajstić information content (AvgIpc) is 2.27. The number of pyridine rings is 1. The Balaban J connectivity index is 2.66. The summed E-state index contributed by atoms with van der Waals surface area (Å²) in [5.41, 5.74) is 6.59. The summed E-state index contributed by atoms with van der Waals surface area (Å²) in [5.74, 6) is -0.333. The van der Waals surface area contributed by atoms with Crippen molar-refractivity contribution in [3.05, 3.63) is 24.0 Å². The largest absolute Gasteiger partial charge is 0.465 e. The van der Waals surface area contributed by atoms with E-state index < -0.39 is 0 Å². The molecule has 1 aromatic rings. The molecule has 0 spiro atoms. The van der Waals surface area contributed by atoms with E-state index in [1.807, 2.05) is 0 Å². The van der Waals surface area contributed by atoms with Gasteiger partial charge in [0.1, 0.15) is 17.2 Å². The fraction of sp³-hybridized carbons (Fsp3) is 0.300. The molecule has 5 nitrogen and oxygen atoms in total. The summed E-state index contributed by atoms with van der Waals surface area (Å²) >= 11 is 4.84. The number of thiocarbonyl (C=S) groups is 1. The van der Waals surface area contributed by atoms with E-state index in [9.17, 15) is 4.79 Å². The maximum absolute atomic E-state index is 11.1. The maximum atomic E-state index is 11.1. The molecular weight excluding hydrogens is 226 g/mol. The fourth-order valence-corrected chi connectivity index (χ4v) is 1.29. The van der Waals surface area contributed by atoms with E-state index in [0.717, 1.165) is 0 Å². The van der Waals surface area contributed by atoms with Crippen molar-refractivity contribution in [3.63, 3.8) is 0 Å². The lowest BCUT2D eigenvalue weighted by Gasteiger charge is -2.09. The van der Waals surface area contributed by atoms with Crippen LogP contribution in [0.5, 0.6) is 0 Å². The summed E-state index contributed by atoms with van der Waals surface area (Å²) in [6.07, 6.45) is 1.59. The molecule has 0 radical (unpaired) electrons. The van der Waals surface area contributed by atoms with Crippen LogP contribution in [-0.2, 0) is 9.53 Å². The first-order chi connectivity index (χ1) is 7.65. The predicted molar refractivity (Wildman–Crippen MR) is 65.2 cm³/mol. The lowest BCUT2D eigenvalue weighted by atomic mass is 10.3. The Morgan fingerprint density at radius 3 is 3.06 bits per heavy atom. The molecule has 0 fully saturated rings. The molecular formula is C10H13N3O2S. The van der Waals surface area contributed by atoms with Gasteiger partial charge in [-0.05, 0) is 19.1 Å². The Kier molecular flexibility index (Phi) is 4.65. The summed E-state index contributed by atoms with van der Waals surface area (Å²) in [6.45, 7) is 2.17.